The zero-order chi connectivity index (χ0) is 21.6. The molecular weight excluding hydrogens is 482 g/mol. The number of phenolic OH excluding ortho intramolecular Hbond substituents is 2. The van der Waals surface area contributed by atoms with Gasteiger partial charge >= 0.3 is 0 Å². The summed E-state index contributed by atoms with van der Waals surface area (Å²) in [5.41, 5.74) is -0.0215. The van der Waals surface area contributed by atoms with E-state index in [-0.39, 0.29) is 42.5 Å². The van der Waals surface area contributed by atoms with Gasteiger partial charge < -0.3 is 10.2 Å². The largest absolute Gasteiger partial charge is 0.508 e. The van der Waals surface area contributed by atoms with Crippen LogP contribution in [0.5, 0.6) is 11.5 Å². The minimum Gasteiger partial charge on any atom is -0.508 e. The van der Waals surface area contributed by atoms with Crippen molar-refractivity contribution in [2.24, 2.45) is 0 Å². The van der Waals surface area contributed by atoms with E-state index in [1.54, 1.807) is 0 Å². The van der Waals surface area contributed by atoms with E-state index in [0.717, 1.165) is 12.1 Å². The molecule has 3 N–H and O–H groups in total. The summed E-state index contributed by atoms with van der Waals surface area (Å²) in [4.78, 5) is 0. The second-order valence-electron chi connectivity index (χ2n) is 6.15. The molecule has 0 saturated carbocycles. The molecule has 0 aliphatic carbocycles. The van der Waals surface area contributed by atoms with E-state index in [1.165, 1.54) is 42.5 Å². The van der Waals surface area contributed by atoms with Gasteiger partial charge in [-0.3, -0.25) is 4.55 Å². The summed E-state index contributed by atoms with van der Waals surface area (Å²) >= 11 is 24.3. The highest BCUT2D eigenvalue weighted by molar-refractivity contribution is 7.87. The number of hydrogen-bond donors (Lipinski definition) is 3. The van der Waals surface area contributed by atoms with E-state index in [4.69, 9.17) is 46.4 Å². The highest BCUT2D eigenvalue weighted by Crippen LogP contribution is 2.48. The van der Waals surface area contributed by atoms with E-state index < -0.39 is 20.6 Å². The Balaban J connectivity index is 2.56. The van der Waals surface area contributed by atoms with Gasteiger partial charge in [0, 0.05) is 10.0 Å². The second-order valence-corrected chi connectivity index (χ2v) is 9.40. The topological polar surface area (TPSA) is 94.8 Å². The lowest BCUT2D eigenvalue weighted by molar-refractivity contribution is 0.456. The number of benzene rings is 3. The summed E-state index contributed by atoms with van der Waals surface area (Å²) in [7, 11) is -4.98. The molecule has 0 amide bonds. The van der Waals surface area contributed by atoms with Crippen LogP contribution in [-0.4, -0.2) is 23.2 Å². The monoisotopic (exact) mass is 492 g/mol. The molecule has 0 fully saturated rings. The van der Waals surface area contributed by atoms with Gasteiger partial charge in [0.25, 0.3) is 10.1 Å². The number of hydrogen-bond acceptors (Lipinski definition) is 4. The Morgan fingerprint density at radius 1 is 0.690 bits per heavy atom. The van der Waals surface area contributed by atoms with Crippen LogP contribution in [0, 0.1) is 0 Å². The molecule has 0 spiro atoms. The number of aromatic hydroxyl groups is 2. The van der Waals surface area contributed by atoms with Crippen molar-refractivity contribution in [3.63, 3.8) is 0 Å². The maximum Gasteiger partial charge on any atom is 0.283 e. The first kappa shape index (κ1) is 22.0. The molecule has 0 saturated heterocycles. The van der Waals surface area contributed by atoms with Crippen LogP contribution in [0.2, 0.25) is 20.1 Å². The van der Waals surface area contributed by atoms with Gasteiger partial charge in [-0.15, -0.1) is 0 Å². The SMILES string of the molecule is O=S(=O)(O)C(c1ccc(O)cc1)(c1cc(Cl)cc(Cl)c1)c1cc(Cl)c(O)c(Cl)c1. The normalized spacial score (nSPS) is 13.8. The Hall–Kier alpha value is -1.67. The zero-order valence-electron chi connectivity index (χ0n) is 14.3. The molecule has 0 radical (unpaired) electrons. The molecule has 1 atom stereocenters. The Morgan fingerprint density at radius 3 is 1.59 bits per heavy atom. The first-order valence-corrected chi connectivity index (χ1v) is 10.8. The van der Waals surface area contributed by atoms with Gasteiger partial charge in [0.05, 0.1) is 10.0 Å². The van der Waals surface area contributed by atoms with Crippen molar-refractivity contribution in [2.45, 2.75) is 4.75 Å². The smallest absolute Gasteiger partial charge is 0.283 e. The number of phenols is 2. The maximum atomic E-state index is 12.9. The average molecular weight is 494 g/mol. The molecule has 1 unspecified atom stereocenters. The Kier molecular flexibility index (Phi) is 5.98. The molecule has 3 aromatic rings. The van der Waals surface area contributed by atoms with Gasteiger partial charge in [-0.25, -0.2) is 0 Å². The summed E-state index contributed by atoms with van der Waals surface area (Å²) in [6, 6.07) is 11.5. The van der Waals surface area contributed by atoms with Gasteiger partial charge in [0.2, 0.25) is 0 Å². The van der Waals surface area contributed by atoms with E-state index in [2.05, 4.69) is 0 Å². The molecule has 0 aliphatic rings. The van der Waals surface area contributed by atoms with Crippen molar-refractivity contribution in [3.8, 4) is 11.5 Å². The van der Waals surface area contributed by atoms with Gasteiger partial charge in [0.1, 0.15) is 5.75 Å². The molecular formula is C19H12Cl4O5S. The highest BCUT2D eigenvalue weighted by atomic mass is 35.5. The van der Waals surface area contributed by atoms with Crippen LogP contribution in [0.25, 0.3) is 0 Å². The van der Waals surface area contributed by atoms with Crippen LogP contribution in [0.3, 0.4) is 0 Å². The van der Waals surface area contributed by atoms with Crippen molar-refractivity contribution < 1.29 is 23.2 Å². The summed E-state index contributed by atoms with van der Waals surface area (Å²) in [6.45, 7) is 0. The predicted molar refractivity (Wildman–Crippen MR) is 114 cm³/mol. The van der Waals surface area contributed by atoms with Crippen LogP contribution < -0.4 is 0 Å². The summed E-state index contributed by atoms with van der Waals surface area (Å²) in [5.74, 6) is -0.569. The Bertz CT molecular complexity index is 1150. The third kappa shape index (κ3) is 3.89. The molecule has 152 valence electrons. The third-order valence-electron chi connectivity index (χ3n) is 4.35. The van der Waals surface area contributed by atoms with Crippen molar-refractivity contribution in [3.05, 3.63) is 91.4 Å². The standard InChI is InChI=1S/C19H12Cl4O5S/c20-13-5-11(6-14(21)9-13)19(29(26,27)28,10-1-3-15(24)4-2-10)12-7-16(22)18(25)17(23)8-12/h1-9,24-25H,(H,26,27,28). The number of halogens is 4. The summed E-state index contributed by atoms with van der Waals surface area (Å²) < 4.78 is 34.1. The lowest BCUT2D eigenvalue weighted by Gasteiger charge is -2.33. The molecule has 0 heterocycles. The van der Waals surface area contributed by atoms with Crippen molar-refractivity contribution in [2.75, 3.05) is 0 Å². The van der Waals surface area contributed by atoms with E-state index in [1.807, 2.05) is 0 Å². The molecule has 10 heteroatoms. The van der Waals surface area contributed by atoms with Crippen molar-refractivity contribution in [1.82, 2.24) is 0 Å². The zero-order valence-corrected chi connectivity index (χ0v) is 18.1. The lowest BCUT2D eigenvalue weighted by atomic mass is 9.84. The van der Waals surface area contributed by atoms with E-state index in [9.17, 15) is 23.2 Å². The summed E-state index contributed by atoms with van der Waals surface area (Å²) in [6.07, 6.45) is 0. The molecule has 29 heavy (non-hydrogen) atoms. The molecule has 3 rings (SSSR count). The average Bonchev–Trinajstić information content (AvgIpc) is 2.59. The molecule has 5 nitrogen and oxygen atoms in total. The first-order chi connectivity index (χ1) is 13.5. The van der Waals surface area contributed by atoms with Gasteiger partial charge in [0.15, 0.2) is 10.5 Å². The molecule has 0 aliphatic heterocycles. The highest BCUT2D eigenvalue weighted by Gasteiger charge is 2.49. The fourth-order valence-corrected chi connectivity index (χ4v) is 5.45. The fourth-order valence-electron chi connectivity index (χ4n) is 3.17. The third-order valence-corrected chi connectivity index (χ3v) is 6.85. The molecule has 0 bridgehead atoms. The van der Waals surface area contributed by atoms with Gasteiger partial charge in [-0.2, -0.15) is 8.42 Å². The predicted octanol–water partition coefficient (Wildman–Crippen LogP) is 5.89. The van der Waals surface area contributed by atoms with E-state index >= 15 is 0 Å². The molecule has 0 aromatic heterocycles. The first-order valence-electron chi connectivity index (χ1n) is 7.88. The van der Waals surface area contributed by atoms with Crippen LogP contribution in [0.4, 0.5) is 0 Å². The van der Waals surface area contributed by atoms with Crippen LogP contribution in [0.15, 0.2) is 54.6 Å². The van der Waals surface area contributed by atoms with Crippen molar-refractivity contribution in [1.29, 1.82) is 0 Å². The van der Waals surface area contributed by atoms with Crippen LogP contribution in [-0.2, 0) is 14.9 Å². The Labute approximate surface area is 186 Å². The van der Waals surface area contributed by atoms with Crippen LogP contribution >= 0.6 is 46.4 Å². The number of rotatable bonds is 4. The minimum atomic E-state index is -4.98. The maximum absolute atomic E-state index is 12.9. The quantitative estimate of drug-likeness (QED) is 0.311. The second kappa shape index (κ2) is 7.87. The van der Waals surface area contributed by atoms with Gasteiger partial charge in [-0.1, -0.05) is 58.5 Å². The lowest BCUT2D eigenvalue weighted by Crippen LogP contribution is -2.38. The van der Waals surface area contributed by atoms with E-state index in [0.29, 0.717) is 0 Å². The van der Waals surface area contributed by atoms with Crippen molar-refractivity contribution >= 4 is 56.5 Å². The minimum absolute atomic E-state index is 0.000938. The van der Waals surface area contributed by atoms with Crippen LogP contribution in [0.1, 0.15) is 16.7 Å². The Morgan fingerprint density at radius 2 is 1.14 bits per heavy atom. The van der Waals surface area contributed by atoms with Gasteiger partial charge in [-0.05, 0) is 59.2 Å². The fraction of sp³-hybridized carbons (Fsp3) is 0.0526. The summed E-state index contributed by atoms with van der Waals surface area (Å²) in [5, 5.41) is 19.3. The molecule has 3 aromatic carbocycles.